The van der Waals surface area contributed by atoms with Gasteiger partial charge >= 0.3 is 0 Å². The Balaban J connectivity index is -0.00000000200. The van der Waals surface area contributed by atoms with Gasteiger partial charge in [0.2, 0.25) is 0 Å². The van der Waals surface area contributed by atoms with Gasteiger partial charge in [0.25, 0.3) is 0 Å². The first-order valence-corrected chi connectivity index (χ1v) is 1.41. The van der Waals surface area contributed by atoms with Gasteiger partial charge in [-0.2, -0.15) is 0 Å². The summed E-state index contributed by atoms with van der Waals surface area (Å²) >= 11 is 0. The van der Waals surface area contributed by atoms with Gasteiger partial charge in [-0.25, -0.2) is 0 Å². The summed E-state index contributed by atoms with van der Waals surface area (Å²) in [5, 5.41) is 0. The summed E-state index contributed by atoms with van der Waals surface area (Å²) in [4.78, 5) is 0. The normalized spacial score (nSPS) is 2.25. The number of hydrogen-bond donors (Lipinski definition) is 0. The third-order valence-electron chi connectivity index (χ3n) is 0. The van der Waals surface area contributed by atoms with Crippen LogP contribution >= 0.6 is 0 Å². The summed E-state index contributed by atoms with van der Waals surface area (Å²) in [5.74, 6) is 0. The zero-order chi connectivity index (χ0) is 2.71. The Morgan fingerprint density at radius 2 is 0.625 bits per heavy atom. The molecule has 0 heteroatoms. The highest BCUT2D eigenvalue weighted by Gasteiger charge is 1.35. The lowest BCUT2D eigenvalue weighted by atomic mass is 10.6. The molecule has 0 N–H and O–H groups in total. The van der Waals surface area contributed by atoms with Crippen LogP contribution in [0.1, 0.15) is 57.4 Å². The van der Waals surface area contributed by atoms with Crippen molar-refractivity contribution in [2.75, 3.05) is 0 Å². The van der Waals surface area contributed by atoms with E-state index in [0.29, 0.717) is 0 Å². The lowest BCUT2D eigenvalue weighted by Gasteiger charge is -1.48. The van der Waals surface area contributed by atoms with Crippen LogP contribution in [0.2, 0.25) is 0 Å². The van der Waals surface area contributed by atoms with E-state index < -0.39 is 0 Å². The second-order valence-corrected chi connectivity index (χ2v) is 0.707. The minimum Gasteiger partial charge on any atom is -0.0776 e. The molecule has 0 saturated carbocycles. The van der Waals surface area contributed by atoms with Crippen molar-refractivity contribution in [1.29, 1.82) is 0 Å². The Hall–Kier alpha value is 0. The minimum atomic E-state index is 0. The van der Waals surface area contributed by atoms with Crippen LogP contribution in [-0.4, -0.2) is 0 Å². The molecule has 0 fully saturated rings. The Bertz CT molecular complexity index is 0. The molecule has 0 aromatic rings. The third-order valence-corrected chi connectivity index (χ3v) is 0. The van der Waals surface area contributed by atoms with E-state index in [1.54, 1.807) is 0 Å². The van der Waals surface area contributed by atoms with Gasteiger partial charge < -0.3 is 0 Å². The van der Waals surface area contributed by atoms with E-state index in [9.17, 15) is 0 Å². The molecule has 0 radical (unpaired) electrons. The van der Waals surface area contributed by atoms with Gasteiger partial charge in [0.05, 0.1) is 0 Å². The van der Waals surface area contributed by atoms with Gasteiger partial charge in [0.1, 0.15) is 0 Å². The second-order valence-electron chi connectivity index (χ2n) is 0.707. The van der Waals surface area contributed by atoms with Gasteiger partial charge in [0.15, 0.2) is 0 Å². The molecule has 0 aliphatic carbocycles. The van der Waals surface area contributed by atoms with E-state index in [1.165, 1.54) is 6.42 Å². The molecule has 0 aliphatic heterocycles. The topological polar surface area (TPSA) is 0 Å². The van der Waals surface area contributed by atoms with Crippen molar-refractivity contribution in [2.24, 2.45) is 0 Å². The van der Waals surface area contributed by atoms with Crippen LogP contribution in [0, 0.1) is 0 Å². The highest BCUT2D eigenvalue weighted by molar-refractivity contribution is 3.92. The lowest BCUT2D eigenvalue weighted by Crippen LogP contribution is -1.27. The van der Waals surface area contributed by atoms with Gasteiger partial charge in [0, 0.05) is 0 Å². The summed E-state index contributed by atoms with van der Waals surface area (Å²) in [5.41, 5.74) is 0. The van der Waals surface area contributed by atoms with Gasteiger partial charge in [-0.1, -0.05) is 57.4 Å². The molecule has 0 nitrogen and oxygen atoms in total. The van der Waals surface area contributed by atoms with E-state index in [2.05, 4.69) is 13.8 Å². The fraction of sp³-hybridized carbons (Fsp3) is 1.00. The molecule has 0 atom stereocenters. The van der Waals surface area contributed by atoms with Gasteiger partial charge in [-0.3, -0.25) is 0 Å². The molecule has 0 rings (SSSR count). The van der Waals surface area contributed by atoms with Gasteiger partial charge in [-0.05, 0) is 0 Å². The van der Waals surface area contributed by atoms with Crippen molar-refractivity contribution < 1.29 is 0 Å². The molecular formula is C8H28. The molecular weight excluding hydrogens is 96.1 g/mol. The smallest absolute Gasteiger partial charge is 0.0590 e. The lowest BCUT2D eigenvalue weighted by molar-refractivity contribution is 1.09. The Kier molecular flexibility index (Phi) is 3090. The van der Waals surface area contributed by atoms with Crippen molar-refractivity contribution in [1.82, 2.24) is 0 Å². The number of rotatable bonds is 0. The summed E-state index contributed by atoms with van der Waals surface area (Å²) in [6, 6.07) is 0. The first-order valence-electron chi connectivity index (χ1n) is 1.41. The first-order chi connectivity index (χ1) is 1.41. The molecule has 0 amide bonds. The van der Waals surface area contributed by atoms with Crippen molar-refractivity contribution in [3.8, 4) is 0 Å². The quantitative estimate of drug-likeness (QED) is 0.443. The summed E-state index contributed by atoms with van der Waals surface area (Å²) in [6.07, 6.45) is 1.25. The van der Waals surface area contributed by atoms with E-state index in [0.717, 1.165) is 0 Å². The molecule has 0 bridgehead atoms. The van der Waals surface area contributed by atoms with Crippen LogP contribution < -0.4 is 0 Å². The summed E-state index contributed by atoms with van der Waals surface area (Å²) in [6.45, 7) is 4.25. The third kappa shape index (κ3) is 0. The van der Waals surface area contributed by atoms with Crippen LogP contribution in [0.5, 0.6) is 0 Å². The molecule has 0 spiro atoms. The van der Waals surface area contributed by atoms with Crippen LogP contribution in [0.15, 0.2) is 0 Å². The zero-order valence-electron chi connectivity index (χ0n) is 2.71. The predicted octanol–water partition coefficient (Wildman–Crippen LogP) is 4.60. The molecule has 60 valence electrons. The maximum atomic E-state index is 2.12. The van der Waals surface area contributed by atoms with E-state index in [4.69, 9.17) is 0 Å². The second kappa shape index (κ2) is 252. The SMILES string of the molecule is C.C.C.C.C.CCC. The van der Waals surface area contributed by atoms with Crippen LogP contribution in [-0.2, 0) is 0 Å². The summed E-state index contributed by atoms with van der Waals surface area (Å²) in [7, 11) is 0. The van der Waals surface area contributed by atoms with E-state index in [-0.39, 0.29) is 37.1 Å². The van der Waals surface area contributed by atoms with E-state index >= 15 is 0 Å². The minimum absolute atomic E-state index is 0. The van der Waals surface area contributed by atoms with Crippen LogP contribution in [0.4, 0.5) is 0 Å². The monoisotopic (exact) mass is 124 g/mol. The molecule has 0 aliphatic rings. The summed E-state index contributed by atoms with van der Waals surface area (Å²) < 4.78 is 0. The Morgan fingerprint density at radius 1 is 0.625 bits per heavy atom. The highest BCUT2D eigenvalue weighted by atomic mass is 13.4. The average Bonchev–Trinajstić information content (AvgIpc) is 0.918. The van der Waals surface area contributed by atoms with Crippen molar-refractivity contribution in [3.05, 3.63) is 0 Å². The number of hydrogen-bond acceptors (Lipinski definition) is 0. The van der Waals surface area contributed by atoms with Crippen molar-refractivity contribution in [3.63, 3.8) is 0 Å². The van der Waals surface area contributed by atoms with E-state index in [1.807, 2.05) is 0 Å². The van der Waals surface area contributed by atoms with Crippen molar-refractivity contribution in [2.45, 2.75) is 57.4 Å². The molecule has 8 heavy (non-hydrogen) atoms. The predicted molar refractivity (Wildman–Crippen MR) is 49.6 cm³/mol. The zero-order valence-corrected chi connectivity index (χ0v) is 2.71. The maximum absolute atomic E-state index is 2.12. The fourth-order valence-corrected chi connectivity index (χ4v) is 0. The molecule has 0 unspecified atom stereocenters. The fourth-order valence-electron chi connectivity index (χ4n) is 0. The Labute approximate surface area is 58.3 Å². The van der Waals surface area contributed by atoms with Crippen LogP contribution in [0.3, 0.4) is 0 Å². The Morgan fingerprint density at radius 3 is 0.625 bits per heavy atom. The molecule has 0 heterocycles. The molecule has 0 aromatic carbocycles. The first kappa shape index (κ1) is 98.0. The van der Waals surface area contributed by atoms with Gasteiger partial charge in [-0.15, -0.1) is 0 Å². The average molecular weight is 124 g/mol. The maximum Gasteiger partial charge on any atom is -0.0590 e. The van der Waals surface area contributed by atoms with Crippen LogP contribution in [0.25, 0.3) is 0 Å². The largest absolute Gasteiger partial charge is 0.0776 e. The van der Waals surface area contributed by atoms with Crippen molar-refractivity contribution >= 4 is 0 Å². The molecule has 0 aromatic heterocycles. The standard InChI is InChI=1S/C3H8.5CH4/c1-3-2;;;;;/h3H2,1-2H3;5*1H4. The molecule has 0 saturated heterocycles. The highest BCUT2D eigenvalue weighted by Crippen LogP contribution is 1.56.